The third kappa shape index (κ3) is 2.30. The summed E-state index contributed by atoms with van der Waals surface area (Å²) in [6.07, 6.45) is 3.34. The van der Waals surface area contributed by atoms with Crippen molar-refractivity contribution in [1.82, 2.24) is 15.0 Å². The summed E-state index contributed by atoms with van der Waals surface area (Å²) < 4.78 is 0. The molecule has 0 fully saturated rings. The molecule has 0 bridgehead atoms. The second-order valence-electron chi connectivity index (χ2n) is 3.17. The fourth-order valence-electron chi connectivity index (χ4n) is 1.30. The Morgan fingerprint density at radius 1 is 1.19 bits per heavy atom. The van der Waals surface area contributed by atoms with Crippen molar-refractivity contribution in [3.8, 4) is 0 Å². The van der Waals surface area contributed by atoms with E-state index in [1.165, 1.54) is 0 Å². The highest BCUT2D eigenvalue weighted by atomic mass is 32.2. The van der Waals surface area contributed by atoms with Crippen molar-refractivity contribution in [2.75, 3.05) is 12.4 Å². The van der Waals surface area contributed by atoms with Gasteiger partial charge in [0.15, 0.2) is 0 Å². The van der Waals surface area contributed by atoms with Crippen LogP contribution in [0.1, 0.15) is 5.56 Å². The summed E-state index contributed by atoms with van der Waals surface area (Å²) in [6, 6.07) is 5.83. The summed E-state index contributed by atoms with van der Waals surface area (Å²) >= 11 is 1.54. The van der Waals surface area contributed by atoms with E-state index in [4.69, 9.17) is 0 Å². The van der Waals surface area contributed by atoms with Crippen LogP contribution in [0.5, 0.6) is 0 Å². The minimum Gasteiger partial charge on any atom is -0.373 e. The standard InChI is InChI=1S/C11H12N4S/c1-8-10(12-2)14-7-15-11(8)16-9-5-3-4-6-13-9/h3-7H,1-2H3,(H,12,14,15). The molecule has 2 heterocycles. The first-order chi connectivity index (χ1) is 7.81. The number of anilines is 1. The van der Waals surface area contributed by atoms with E-state index in [1.54, 1.807) is 24.3 Å². The molecule has 1 N–H and O–H groups in total. The van der Waals surface area contributed by atoms with Crippen LogP contribution in [0.3, 0.4) is 0 Å². The van der Waals surface area contributed by atoms with Gasteiger partial charge in [0.2, 0.25) is 0 Å². The van der Waals surface area contributed by atoms with Crippen molar-refractivity contribution >= 4 is 17.6 Å². The van der Waals surface area contributed by atoms with Crippen molar-refractivity contribution in [3.63, 3.8) is 0 Å². The Bertz CT molecular complexity index is 473. The average Bonchev–Trinajstić information content (AvgIpc) is 2.33. The minimum absolute atomic E-state index is 0.855. The first-order valence-corrected chi connectivity index (χ1v) is 5.71. The molecule has 16 heavy (non-hydrogen) atoms. The Kier molecular flexibility index (Phi) is 3.36. The summed E-state index contributed by atoms with van der Waals surface area (Å²) in [4.78, 5) is 12.6. The fraction of sp³-hybridized carbons (Fsp3) is 0.182. The van der Waals surface area contributed by atoms with Crippen molar-refractivity contribution < 1.29 is 0 Å². The van der Waals surface area contributed by atoms with Gasteiger partial charge in [-0.2, -0.15) is 0 Å². The second-order valence-corrected chi connectivity index (χ2v) is 4.18. The van der Waals surface area contributed by atoms with Crippen molar-refractivity contribution in [2.45, 2.75) is 17.0 Å². The number of aromatic nitrogens is 3. The predicted molar refractivity (Wildman–Crippen MR) is 64.7 cm³/mol. The van der Waals surface area contributed by atoms with Crippen LogP contribution in [-0.2, 0) is 0 Å². The van der Waals surface area contributed by atoms with E-state index in [2.05, 4.69) is 20.3 Å². The molecule has 0 atom stereocenters. The van der Waals surface area contributed by atoms with Crippen LogP contribution >= 0.6 is 11.8 Å². The zero-order valence-corrected chi connectivity index (χ0v) is 9.95. The van der Waals surface area contributed by atoms with E-state index in [0.717, 1.165) is 21.4 Å². The van der Waals surface area contributed by atoms with Crippen LogP contribution < -0.4 is 5.32 Å². The lowest BCUT2D eigenvalue weighted by Crippen LogP contribution is -1.98. The van der Waals surface area contributed by atoms with Gasteiger partial charge in [0.1, 0.15) is 22.2 Å². The van der Waals surface area contributed by atoms with E-state index >= 15 is 0 Å². The van der Waals surface area contributed by atoms with Crippen molar-refractivity contribution in [1.29, 1.82) is 0 Å². The molecule has 0 unspecified atom stereocenters. The molecule has 0 spiro atoms. The van der Waals surface area contributed by atoms with Gasteiger partial charge in [-0.3, -0.25) is 0 Å². The summed E-state index contributed by atoms with van der Waals surface area (Å²) in [5.74, 6) is 0.855. The van der Waals surface area contributed by atoms with Gasteiger partial charge in [-0.05, 0) is 30.8 Å². The van der Waals surface area contributed by atoms with Crippen LogP contribution in [-0.4, -0.2) is 22.0 Å². The van der Waals surface area contributed by atoms with Crippen LogP contribution in [0.4, 0.5) is 5.82 Å². The van der Waals surface area contributed by atoms with Crippen LogP contribution in [0.15, 0.2) is 40.8 Å². The molecule has 82 valence electrons. The molecule has 2 rings (SSSR count). The monoisotopic (exact) mass is 232 g/mol. The topological polar surface area (TPSA) is 50.7 Å². The average molecular weight is 232 g/mol. The lowest BCUT2D eigenvalue weighted by atomic mass is 10.3. The lowest BCUT2D eigenvalue weighted by Gasteiger charge is -2.07. The van der Waals surface area contributed by atoms with E-state index in [0.29, 0.717) is 0 Å². The molecule has 0 aliphatic rings. The zero-order valence-electron chi connectivity index (χ0n) is 9.14. The fourth-order valence-corrected chi connectivity index (χ4v) is 2.10. The van der Waals surface area contributed by atoms with E-state index in [9.17, 15) is 0 Å². The first kappa shape index (κ1) is 10.9. The normalized spacial score (nSPS) is 10.1. The van der Waals surface area contributed by atoms with E-state index in [-0.39, 0.29) is 0 Å². The van der Waals surface area contributed by atoms with Gasteiger partial charge in [0, 0.05) is 18.8 Å². The van der Waals surface area contributed by atoms with Crippen LogP contribution in [0.2, 0.25) is 0 Å². The Hall–Kier alpha value is -1.62. The SMILES string of the molecule is CNc1ncnc(Sc2ccccn2)c1C. The number of pyridine rings is 1. The maximum absolute atomic E-state index is 4.25. The number of rotatable bonds is 3. The van der Waals surface area contributed by atoms with Crippen LogP contribution in [0.25, 0.3) is 0 Å². The molecule has 4 nitrogen and oxygen atoms in total. The van der Waals surface area contributed by atoms with Gasteiger partial charge in [-0.1, -0.05) is 6.07 Å². The third-order valence-electron chi connectivity index (χ3n) is 2.11. The van der Waals surface area contributed by atoms with Gasteiger partial charge in [-0.15, -0.1) is 0 Å². The summed E-state index contributed by atoms with van der Waals surface area (Å²) in [5.41, 5.74) is 1.04. The number of hydrogen-bond acceptors (Lipinski definition) is 5. The third-order valence-corrected chi connectivity index (χ3v) is 3.17. The number of hydrogen-bond donors (Lipinski definition) is 1. The maximum Gasteiger partial charge on any atom is 0.133 e. The van der Waals surface area contributed by atoms with Crippen LogP contribution in [0, 0.1) is 6.92 Å². The molecule has 0 saturated carbocycles. The Balaban J connectivity index is 2.28. The Morgan fingerprint density at radius 3 is 2.75 bits per heavy atom. The molecular weight excluding hydrogens is 220 g/mol. The van der Waals surface area contributed by atoms with Gasteiger partial charge >= 0.3 is 0 Å². The molecule has 0 amide bonds. The van der Waals surface area contributed by atoms with Crippen molar-refractivity contribution in [2.24, 2.45) is 0 Å². The maximum atomic E-state index is 4.25. The minimum atomic E-state index is 0.855. The summed E-state index contributed by atoms with van der Waals surface area (Å²) in [7, 11) is 1.85. The van der Waals surface area contributed by atoms with Gasteiger partial charge < -0.3 is 5.32 Å². The molecule has 2 aromatic rings. The summed E-state index contributed by atoms with van der Waals surface area (Å²) in [6.45, 7) is 2.00. The molecule has 2 aromatic heterocycles. The molecule has 0 aromatic carbocycles. The van der Waals surface area contributed by atoms with Gasteiger partial charge in [0.25, 0.3) is 0 Å². The number of nitrogens with one attached hydrogen (secondary N) is 1. The molecule has 0 saturated heterocycles. The Morgan fingerprint density at radius 2 is 2.06 bits per heavy atom. The highest BCUT2D eigenvalue weighted by Gasteiger charge is 2.07. The van der Waals surface area contributed by atoms with E-state index in [1.807, 2.05) is 32.2 Å². The van der Waals surface area contributed by atoms with Gasteiger partial charge in [0.05, 0.1) is 0 Å². The highest BCUT2D eigenvalue weighted by Crippen LogP contribution is 2.28. The number of nitrogens with zero attached hydrogens (tertiary/aromatic N) is 3. The quantitative estimate of drug-likeness (QED) is 0.823. The predicted octanol–water partition coefficient (Wildman–Crippen LogP) is 2.37. The highest BCUT2D eigenvalue weighted by molar-refractivity contribution is 7.99. The van der Waals surface area contributed by atoms with Gasteiger partial charge in [-0.25, -0.2) is 15.0 Å². The smallest absolute Gasteiger partial charge is 0.133 e. The van der Waals surface area contributed by atoms with E-state index < -0.39 is 0 Å². The summed E-state index contributed by atoms with van der Waals surface area (Å²) in [5, 5.41) is 4.90. The van der Waals surface area contributed by atoms with Crippen molar-refractivity contribution in [3.05, 3.63) is 36.3 Å². The molecule has 0 aliphatic heterocycles. The molecular formula is C11H12N4S. The Labute approximate surface area is 98.6 Å². The molecule has 0 radical (unpaired) electrons. The molecule has 5 heteroatoms. The zero-order chi connectivity index (χ0) is 11.4. The lowest BCUT2D eigenvalue weighted by molar-refractivity contribution is 0.997. The largest absolute Gasteiger partial charge is 0.373 e. The first-order valence-electron chi connectivity index (χ1n) is 4.89. The molecule has 0 aliphatic carbocycles. The second kappa shape index (κ2) is 4.94.